The van der Waals surface area contributed by atoms with Crippen molar-refractivity contribution in [3.05, 3.63) is 29.8 Å². The Kier molecular flexibility index (Phi) is 3.72. The largest absolute Gasteiger partial charge is 0.368 e. The number of carbonyl (C=O) groups is 1. The van der Waals surface area contributed by atoms with Gasteiger partial charge in [0.25, 0.3) is 0 Å². The minimum Gasteiger partial charge on any atom is -0.368 e. The van der Waals surface area contributed by atoms with E-state index >= 15 is 0 Å². The van der Waals surface area contributed by atoms with Crippen molar-refractivity contribution in [2.24, 2.45) is 11.5 Å². The number of hydrogen-bond donors (Lipinski definition) is 3. The quantitative estimate of drug-likeness (QED) is 0.675. The number of nitrogens with one attached hydrogen (secondary N) is 1. The number of aromatic nitrogens is 4. The van der Waals surface area contributed by atoms with Gasteiger partial charge in [0, 0.05) is 24.7 Å². The van der Waals surface area contributed by atoms with Gasteiger partial charge in [0.2, 0.25) is 5.91 Å². The molecule has 3 aromatic heterocycles. The van der Waals surface area contributed by atoms with Crippen LogP contribution in [0.15, 0.2) is 18.6 Å². The minimum absolute atomic E-state index is 0.382. The van der Waals surface area contributed by atoms with E-state index in [1.165, 1.54) is 32.1 Å². The van der Waals surface area contributed by atoms with Crippen molar-refractivity contribution < 1.29 is 4.79 Å². The molecule has 0 radical (unpaired) electrons. The summed E-state index contributed by atoms with van der Waals surface area (Å²) in [6.07, 6.45) is 12.4. The fraction of sp³-hybridized carbons (Fsp3) is 0.471. The number of amides is 1. The van der Waals surface area contributed by atoms with E-state index in [2.05, 4.69) is 20.6 Å². The molecular weight excluding hydrogens is 304 g/mol. The summed E-state index contributed by atoms with van der Waals surface area (Å²) in [5.74, 6) is 0.0296. The summed E-state index contributed by atoms with van der Waals surface area (Å²) in [4.78, 5) is 23.7. The van der Waals surface area contributed by atoms with Crippen LogP contribution in [0.4, 0.5) is 0 Å². The summed E-state index contributed by atoms with van der Waals surface area (Å²) in [5.41, 5.74) is 15.7. The van der Waals surface area contributed by atoms with Crippen LogP contribution in [0.3, 0.4) is 0 Å². The van der Waals surface area contributed by atoms with Crippen molar-refractivity contribution in [1.29, 1.82) is 0 Å². The molecule has 1 aliphatic rings. The van der Waals surface area contributed by atoms with Crippen LogP contribution in [0.2, 0.25) is 0 Å². The molecule has 0 saturated heterocycles. The van der Waals surface area contributed by atoms with E-state index in [0.29, 0.717) is 12.3 Å². The highest BCUT2D eigenvalue weighted by molar-refractivity contribution is 5.83. The van der Waals surface area contributed by atoms with Crippen LogP contribution in [0.1, 0.15) is 49.3 Å². The van der Waals surface area contributed by atoms with Crippen molar-refractivity contribution >= 4 is 22.7 Å². The first-order chi connectivity index (χ1) is 11.6. The predicted octanol–water partition coefficient (Wildman–Crippen LogP) is 1.61. The monoisotopic (exact) mass is 326 g/mol. The maximum absolute atomic E-state index is 11.3. The highest BCUT2D eigenvalue weighted by Crippen LogP contribution is 2.32. The summed E-state index contributed by atoms with van der Waals surface area (Å²) in [7, 11) is 0. The summed E-state index contributed by atoms with van der Waals surface area (Å²) >= 11 is 0. The normalized spacial score (nSPS) is 17.5. The SMILES string of the molecule is NC(=O)C(N)Cc1c[nH]c2ncc3nc(C4CCCCC4)cn3c12. The Bertz CT molecular complexity index is 889. The number of H-pyrrole nitrogens is 1. The van der Waals surface area contributed by atoms with E-state index in [9.17, 15) is 4.79 Å². The molecule has 1 saturated carbocycles. The minimum atomic E-state index is -0.708. The van der Waals surface area contributed by atoms with Gasteiger partial charge in [0.1, 0.15) is 0 Å². The first-order valence-corrected chi connectivity index (χ1v) is 8.52. The van der Waals surface area contributed by atoms with Crippen molar-refractivity contribution in [2.75, 3.05) is 0 Å². The number of fused-ring (bicyclic) bond motifs is 3. The molecule has 1 unspecified atom stereocenters. The third kappa shape index (κ3) is 2.54. The van der Waals surface area contributed by atoms with Crippen LogP contribution < -0.4 is 11.5 Å². The number of imidazole rings is 1. The van der Waals surface area contributed by atoms with Crippen molar-refractivity contribution in [3.63, 3.8) is 0 Å². The molecule has 1 amide bonds. The molecule has 0 aliphatic heterocycles. The lowest BCUT2D eigenvalue weighted by atomic mass is 9.87. The van der Waals surface area contributed by atoms with Gasteiger partial charge in [0.15, 0.2) is 11.3 Å². The van der Waals surface area contributed by atoms with E-state index in [1.54, 1.807) is 6.20 Å². The lowest BCUT2D eigenvalue weighted by Gasteiger charge is -2.19. The zero-order valence-corrected chi connectivity index (χ0v) is 13.5. The van der Waals surface area contributed by atoms with Crippen LogP contribution in [0, 0.1) is 0 Å². The molecule has 7 nitrogen and oxygen atoms in total. The molecule has 3 aromatic rings. The Hall–Kier alpha value is -2.41. The number of nitrogens with zero attached hydrogens (tertiary/aromatic N) is 3. The van der Waals surface area contributed by atoms with Gasteiger partial charge in [-0.05, 0) is 18.4 Å². The molecule has 0 spiro atoms. The Morgan fingerprint density at radius 2 is 2.17 bits per heavy atom. The van der Waals surface area contributed by atoms with Gasteiger partial charge in [0.05, 0.1) is 23.4 Å². The number of hydrogen-bond acceptors (Lipinski definition) is 4. The fourth-order valence-corrected chi connectivity index (χ4v) is 3.71. The molecule has 1 aliphatic carbocycles. The average Bonchev–Trinajstić information content (AvgIpc) is 3.19. The fourth-order valence-electron chi connectivity index (χ4n) is 3.71. The highest BCUT2D eigenvalue weighted by atomic mass is 16.1. The molecule has 3 heterocycles. The first kappa shape index (κ1) is 15.1. The third-order valence-electron chi connectivity index (χ3n) is 5.04. The van der Waals surface area contributed by atoms with Crippen molar-refractivity contribution in [3.8, 4) is 0 Å². The van der Waals surface area contributed by atoms with E-state index in [0.717, 1.165) is 28.1 Å². The first-order valence-electron chi connectivity index (χ1n) is 8.52. The summed E-state index contributed by atoms with van der Waals surface area (Å²) in [6.45, 7) is 0. The Morgan fingerprint density at radius 3 is 2.92 bits per heavy atom. The second-order valence-corrected chi connectivity index (χ2v) is 6.71. The maximum Gasteiger partial charge on any atom is 0.234 e. The van der Waals surface area contributed by atoms with Crippen LogP contribution in [-0.4, -0.2) is 31.3 Å². The number of carbonyl (C=O) groups excluding carboxylic acids is 1. The van der Waals surface area contributed by atoms with Gasteiger partial charge in [-0.15, -0.1) is 0 Å². The second kappa shape index (κ2) is 5.90. The smallest absolute Gasteiger partial charge is 0.234 e. The molecule has 126 valence electrons. The van der Waals surface area contributed by atoms with Gasteiger partial charge in [-0.2, -0.15) is 0 Å². The van der Waals surface area contributed by atoms with E-state index in [-0.39, 0.29) is 0 Å². The van der Waals surface area contributed by atoms with E-state index in [4.69, 9.17) is 16.5 Å². The molecule has 0 aromatic carbocycles. The molecule has 24 heavy (non-hydrogen) atoms. The van der Waals surface area contributed by atoms with Crippen LogP contribution in [0.25, 0.3) is 16.8 Å². The number of rotatable bonds is 4. The third-order valence-corrected chi connectivity index (χ3v) is 5.04. The highest BCUT2D eigenvalue weighted by Gasteiger charge is 2.21. The summed E-state index contributed by atoms with van der Waals surface area (Å²) < 4.78 is 2.06. The molecular formula is C17H22N6O. The molecule has 5 N–H and O–H groups in total. The van der Waals surface area contributed by atoms with E-state index in [1.807, 2.05) is 6.20 Å². The topological polar surface area (TPSA) is 115 Å². The standard InChI is InChI=1S/C17H22N6O/c18-12(16(19)24)6-11-7-20-17-15(11)23-9-13(22-14(23)8-21-17)10-4-2-1-3-5-10/h7-10,12,20H,1-6,18H2,(H2,19,24). The van der Waals surface area contributed by atoms with Gasteiger partial charge >= 0.3 is 0 Å². The van der Waals surface area contributed by atoms with Crippen LogP contribution in [0.5, 0.6) is 0 Å². The van der Waals surface area contributed by atoms with Crippen LogP contribution in [-0.2, 0) is 11.2 Å². The van der Waals surface area contributed by atoms with Gasteiger partial charge in [-0.1, -0.05) is 19.3 Å². The zero-order chi connectivity index (χ0) is 16.7. The summed E-state index contributed by atoms with van der Waals surface area (Å²) in [6, 6.07) is -0.708. The predicted molar refractivity (Wildman–Crippen MR) is 91.5 cm³/mol. The molecule has 4 rings (SSSR count). The molecule has 1 fully saturated rings. The molecule has 0 bridgehead atoms. The molecule has 1 atom stereocenters. The van der Waals surface area contributed by atoms with Crippen LogP contribution >= 0.6 is 0 Å². The maximum atomic E-state index is 11.3. The van der Waals surface area contributed by atoms with Crippen molar-refractivity contribution in [2.45, 2.75) is 50.5 Å². The summed E-state index contributed by atoms with van der Waals surface area (Å²) in [5, 5.41) is 0. The van der Waals surface area contributed by atoms with Gasteiger partial charge < -0.3 is 16.5 Å². The van der Waals surface area contributed by atoms with E-state index < -0.39 is 11.9 Å². The Balaban J connectivity index is 1.79. The van der Waals surface area contributed by atoms with Crippen molar-refractivity contribution in [1.82, 2.24) is 19.4 Å². The lowest BCUT2D eigenvalue weighted by Crippen LogP contribution is -2.38. The van der Waals surface area contributed by atoms with Gasteiger partial charge in [-0.3, -0.25) is 9.20 Å². The number of primary amides is 1. The lowest BCUT2D eigenvalue weighted by molar-refractivity contribution is -0.119. The number of nitrogens with two attached hydrogens (primary N) is 2. The zero-order valence-electron chi connectivity index (χ0n) is 13.5. The number of aromatic amines is 1. The second-order valence-electron chi connectivity index (χ2n) is 6.71. The average molecular weight is 326 g/mol. The Labute approximate surface area is 139 Å². The van der Waals surface area contributed by atoms with Gasteiger partial charge in [-0.25, -0.2) is 9.97 Å². The Morgan fingerprint density at radius 1 is 1.38 bits per heavy atom. The molecule has 7 heteroatoms.